The fourth-order valence-corrected chi connectivity index (χ4v) is 4.26. The van der Waals surface area contributed by atoms with Crippen molar-refractivity contribution in [2.45, 2.75) is 61.8 Å². The summed E-state index contributed by atoms with van der Waals surface area (Å²) in [6.07, 6.45) is -68.5. The highest BCUT2D eigenvalue weighted by Gasteiger charge is 2.62. The number of hydrogen-bond donors (Lipinski definition) is 1. The average molecular weight is 941 g/mol. The summed E-state index contributed by atoms with van der Waals surface area (Å²) >= 11 is 0. The summed E-state index contributed by atoms with van der Waals surface area (Å²) in [5.41, 5.74) is -41.2. The van der Waals surface area contributed by atoms with Crippen molar-refractivity contribution in [2.24, 2.45) is 0 Å². The smallest absolute Gasteiger partial charge is 0.420 e. The monoisotopic (exact) mass is 941 g/mol. The fourth-order valence-electron chi connectivity index (χ4n) is 4.26. The van der Waals surface area contributed by atoms with E-state index in [1.165, 1.54) is 0 Å². The largest absolute Gasteiger partial charge is 0.872 e. The van der Waals surface area contributed by atoms with Crippen molar-refractivity contribution in [3.8, 4) is 11.5 Å². The molecule has 0 fully saturated rings. The molecule has 0 aliphatic rings. The van der Waals surface area contributed by atoms with Crippen LogP contribution >= 0.6 is 0 Å². The Morgan fingerprint density at radius 1 is 0.271 bits per heavy atom. The number of phenolic OH excluding ortho intramolecular Hbond substituents is 1. The molecule has 0 aliphatic carbocycles. The summed E-state index contributed by atoms with van der Waals surface area (Å²) in [5.74, 6) is -7.61. The van der Waals surface area contributed by atoms with Gasteiger partial charge >= 0.3 is 61.8 Å². The molecule has 344 valence electrons. The lowest BCUT2D eigenvalue weighted by atomic mass is 9.88. The first-order valence-electron chi connectivity index (χ1n) is 13.4. The lowest BCUT2D eigenvalue weighted by Gasteiger charge is -2.32. The maximum atomic E-state index is 12.8. The van der Waals surface area contributed by atoms with Crippen LogP contribution in [0.1, 0.15) is 55.6 Å². The number of nitrogens with zero attached hydrogens (tertiary/aromatic N) is 1. The van der Waals surface area contributed by atoms with Crippen LogP contribution in [0.4, 0.5) is 132 Å². The molecule has 0 atom stereocenters. The quantitative estimate of drug-likeness (QED) is 0.211. The molecule has 0 saturated heterocycles. The van der Waals surface area contributed by atoms with Crippen molar-refractivity contribution in [3.63, 3.8) is 0 Å². The molecule has 0 bridgehead atoms. The highest BCUT2D eigenvalue weighted by molar-refractivity contribution is 5.61. The molecular weight excluding hydrogens is 928 g/mol. The summed E-state index contributed by atoms with van der Waals surface area (Å²) in [5, 5.41) is 20.2. The predicted molar refractivity (Wildman–Crippen MR) is 128 cm³/mol. The molecule has 0 radical (unpaired) electrons. The van der Waals surface area contributed by atoms with Crippen LogP contribution in [0.5, 0.6) is 11.5 Å². The van der Waals surface area contributed by atoms with E-state index in [0.717, 1.165) is 4.48 Å². The second kappa shape index (κ2) is 15.7. The molecule has 0 heterocycles. The molecule has 2 aromatic rings. The number of phenols is 1. The number of rotatable bonds is 0. The second-order valence-electron chi connectivity index (χ2n) is 12.1. The van der Waals surface area contributed by atoms with Gasteiger partial charge in [0, 0.05) is 0 Å². The van der Waals surface area contributed by atoms with Crippen LogP contribution in [0.25, 0.3) is 0 Å². The number of quaternary nitrogens is 1. The lowest BCUT2D eigenvalue weighted by Crippen LogP contribution is -2.32. The lowest BCUT2D eigenvalue weighted by molar-refractivity contribution is -0.849. The van der Waals surface area contributed by atoms with Crippen LogP contribution in [0.3, 0.4) is 0 Å². The second-order valence-corrected chi connectivity index (χ2v) is 12.1. The summed E-state index contributed by atoms with van der Waals surface area (Å²) in [7, 11) is 8.50. The highest BCUT2D eigenvalue weighted by Crippen LogP contribution is 2.60. The van der Waals surface area contributed by atoms with Crippen molar-refractivity contribution in [3.05, 3.63) is 55.6 Å². The molecule has 0 aliphatic heterocycles. The van der Waals surface area contributed by atoms with Gasteiger partial charge in [0.1, 0.15) is 16.9 Å². The molecule has 33 heteroatoms. The maximum absolute atomic E-state index is 12.8. The summed E-state index contributed by atoms with van der Waals surface area (Å²) in [6, 6.07) is 0. The Bertz CT molecular complexity index is 1570. The van der Waals surface area contributed by atoms with Crippen LogP contribution in [-0.4, -0.2) is 37.8 Å². The van der Waals surface area contributed by atoms with Gasteiger partial charge in [-0.25, -0.2) is 0 Å². The van der Waals surface area contributed by atoms with E-state index in [4.69, 9.17) is 5.11 Å². The van der Waals surface area contributed by atoms with Crippen LogP contribution in [0, 0.1) is 0 Å². The third-order valence-electron chi connectivity index (χ3n) is 5.76. The van der Waals surface area contributed by atoms with E-state index in [9.17, 15) is 137 Å². The minimum absolute atomic E-state index is 1.00. The molecule has 0 unspecified atom stereocenters. The molecule has 3 nitrogen and oxygen atoms in total. The van der Waals surface area contributed by atoms with E-state index >= 15 is 0 Å². The van der Waals surface area contributed by atoms with Crippen molar-refractivity contribution >= 4 is 0 Å². The molecule has 1 N–H and O–H groups in total. The Morgan fingerprint density at radius 3 is 0.492 bits per heavy atom. The van der Waals surface area contributed by atoms with E-state index in [0.29, 0.717) is 0 Å². The summed E-state index contributed by atoms with van der Waals surface area (Å²) < 4.78 is 384. The number of benzene rings is 2. The SMILES string of the molecule is C[N+](C)(C)C.Oc1c(C(F)(F)F)c(C(F)(F)F)c(C(F)(F)F)c(C(F)(F)F)c1C(F)(F)F.[O-]c1c(C(F)(F)F)c(C(F)(F)F)c(C(F)(F)F)c(C(F)(F)F)c1C(F)(F)F. The van der Waals surface area contributed by atoms with Crippen LogP contribution < -0.4 is 5.11 Å². The van der Waals surface area contributed by atoms with E-state index in [2.05, 4.69) is 28.2 Å². The minimum atomic E-state index is -6.98. The Hall–Kier alpha value is -4.10. The van der Waals surface area contributed by atoms with Crippen molar-refractivity contribution in [1.29, 1.82) is 0 Å². The van der Waals surface area contributed by atoms with E-state index in [1.54, 1.807) is 0 Å². The zero-order chi connectivity index (χ0) is 48.4. The van der Waals surface area contributed by atoms with Crippen LogP contribution in [0.15, 0.2) is 0 Å². The normalized spacial score (nSPS) is 14.4. The van der Waals surface area contributed by atoms with Gasteiger partial charge in [-0.2, -0.15) is 132 Å². The number of alkyl halides is 30. The molecular formula is C26H13F30NO2. The van der Waals surface area contributed by atoms with E-state index < -0.39 is 129 Å². The molecule has 2 rings (SSSR count). The summed E-state index contributed by atoms with van der Waals surface area (Å²) in [4.78, 5) is 0. The molecule has 2 aromatic carbocycles. The van der Waals surface area contributed by atoms with Crippen molar-refractivity contribution in [1.82, 2.24) is 0 Å². The van der Waals surface area contributed by atoms with Gasteiger partial charge in [-0.05, 0) is 0 Å². The first-order chi connectivity index (χ1) is 25.0. The Labute approximate surface area is 304 Å². The first-order valence-corrected chi connectivity index (χ1v) is 13.4. The van der Waals surface area contributed by atoms with Gasteiger partial charge in [-0.15, -0.1) is 0 Å². The van der Waals surface area contributed by atoms with Gasteiger partial charge < -0.3 is 14.7 Å². The zero-order valence-electron chi connectivity index (χ0n) is 27.6. The molecule has 0 saturated carbocycles. The Balaban J connectivity index is 0.00000102. The Kier molecular flexibility index (Phi) is 14.6. The number of halogens is 30. The van der Waals surface area contributed by atoms with Gasteiger partial charge in [-0.1, -0.05) is 5.75 Å². The van der Waals surface area contributed by atoms with Gasteiger partial charge in [0.15, 0.2) is 0 Å². The summed E-state index contributed by atoms with van der Waals surface area (Å²) in [6.45, 7) is 0. The van der Waals surface area contributed by atoms with E-state index in [1.807, 2.05) is 0 Å². The third kappa shape index (κ3) is 13.4. The molecule has 0 spiro atoms. The fraction of sp³-hybridized carbons (Fsp3) is 0.538. The van der Waals surface area contributed by atoms with Crippen molar-refractivity contribution < 1.29 is 146 Å². The highest BCUT2D eigenvalue weighted by atomic mass is 19.4. The van der Waals surface area contributed by atoms with Gasteiger partial charge in [0.25, 0.3) is 0 Å². The van der Waals surface area contributed by atoms with Crippen LogP contribution in [-0.2, 0) is 61.8 Å². The zero-order valence-corrected chi connectivity index (χ0v) is 27.6. The Morgan fingerprint density at radius 2 is 0.373 bits per heavy atom. The average Bonchev–Trinajstić information content (AvgIpc) is 2.84. The standard InChI is InChI=1S/2C11HF15O.C4H12N/c2*12-7(13,14)1-2(8(15,16)17)4(10(21,22)23)6(27)5(11(24,25)26)3(1)9(18,19)20;1-5(2,3)4/h2*27H;1-4H3/q;;+1/p-1. The molecule has 59 heavy (non-hydrogen) atoms. The number of hydrogen-bond acceptors (Lipinski definition) is 2. The third-order valence-corrected chi connectivity index (χ3v) is 5.76. The number of aromatic hydroxyl groups is 1. The molecule has 0 aromatic heterocycles. The van der Waals surface area contributed by atoms with Gasteiger partial charge in [0.05, 0.1) is 72.7 Å². The maximum Gasteiger partial charge on any atom is 0.420 e. The van der Waals surface area contributed by atoms with Gasteiger partial charge in [-0.3, -0.25) is 0 Å². The topological polar surface area (TPSA) is 43.3 Å². The molecule has 0 amide bonds. The minimum Gasteiger partial charge on any atom is -0.872 e. The first kappa shape index (κ1) is 54.9. The van der Waals surface area contributed by atoms with E-state index in [-0.39, 0.29) is 0 Å². The predicted octanol–water partition coefficient (Wildman–Crippen LogP) is 12.7. The van der Waals surface area contributed by atoms with Crippen LogP contribution in [0.2, 0.25) is 0 Å². The van der Waals surface area contributed by atoms with Gasteiger partial charge in [0.2, 0.25) is 0 Å². The van der Waals surface area contributed by atoms with Crippen molar-refractivity contribution in [2.75, 3.05) is 28.2 Å².